The molecule has 10 rings (SSSR count). The Morgan fingerprint density at radius 3 is 1.96 bits per heavy atom. The molecule has 0 atom stereocenters. The average molecular weight is 577 g/mol. The number of nitrogens with zero attached hydrogens (tertiary/aromatic N) is 2. The molecule has 210 valence electrons. The smallest absolute Gasteiger partial charge is 0.139 e. The van der Waals surface area contributed by atoms with Crippen molar-refractivity contribution in [3.63, 3.8) is 0 Å². The van der Waals surface area contributed by atoms with Gasteiger partial charge in [0.1, 0.15) is 22.3 Å². The minimum atomic E-state index is 0.850. The predicted octanol–water partition coefficient (Wildman–Crippen LogP) is 11.4. The normalized spacial score (nSPS) is 12.1. The quantitative estimate of drug-likeness (QED) is 0.192. The summed E-state index contributed by atoms with van der Waals surface area (Å²) in [5.74, 6) is 0. The molecular weight excluding hydrogens is 552 g/mol. The highest BCUT2D eigenvalue weighted by Gasteiger charge is 2.18. The Kier molecular flexibility index (Phi) is 4.89. The van der Waals surface area contributed by atoms with Gasteiger partial charge in [0.15, 0.2) is 0 Å². The van der Waals surface area contributed by atoms with Gasteiger partial charge in [-0.25, -0.2) is 4.98 Å². The van der Waals surface area contributed by atoms with E-state index in [0.29, 0.717) is 0 Å². The molecule has 0 aliphatic heterocycles. The van der Waals surface area contributed by atoms with Crippen LogP contribution < -0.4 is 0 Å². The Morgan fingerprint density at radius 1 is 0.467 bits per heavy atom. The van der Waals surface area contributed by atoms with Gasteiger partial charge in [-0.2, -0.15) is 0 Å². The highest BCUT2D eigenvalue weighted by Crippen LogP contribution is 2.41. The first-order valence-electron chi connectivity index (χ1n) is 15.2. The molecular formula is C41H24N2O2. The number of aromatic nitrogens is 2. The van der Waals surface area contributed by atoms with Crippen molar-refractivity contribution in [1.82, 2.24) is 9.97 Å². The van der Waals surface area contributed by atoms with E-state index in [-0.39, 0.29) is 0 Å². The predicted molar refractivity (Wildman–Crippen MR) is 185 cm³/mol. The monoisotopic (exact) mass is 576 g/mol. The average Bonchev–Trinajstić information content (AvgIpc) is 3.67. The maximum atomic E-state index is 6.39. The van der Waals surface area contributed by atoms with Crippen molar-refractivity contribution in [2.24, 2.45) is 0 Å². The summed E-state index contributed by atoms with van der Waals surface area (Å²) in [6.07, 6.45) is 1.90. The van der Waals surface area contributed by atoms with Crippen molar-refractivity contribution < 1.29 is 8.83 Å². The number of furan rings is 2. The van der Waals surface area contributed by atoms with E-state index in [2.05, 4.69) is 110 Å². The van der Waals surface area contributed by atoms with E-state index >= 15 is 0 Å². The fraction of sp³-hybridized carbons (Fsp3) is 0.0244. The Bertz CT molecular complexity index is 2800. The molecule has 0 saturated heterocycles. The Labute approximate surface area is 257 Å². The van der Waals surface area contributed by atoms with E-state index in [9.17, 15) is 0 Å². The van der Waals surface area contributed by atoms with Crippen LogP contribution in [0.15, 0.2) is 136 Å². The van der Waals surface area contributed by atoms with Crippen LogP contribution in [0.3, 0.4) is 0 Å². The largest absolute Gasteiger partial charge is 0.456 e. The second-order valence-electron chi connectivity index (χ2n) is 11.8. The molecule has 4 heteroatoms. The van der Waals surface area contributed by atoms with Crippen LogP contribution in [0.4, 0.5) is 0 Å². The van der Waals surface area contributed by atoms with Crippen molar-refractivity contribution in [1.29, 1.82) is 0 Å². The molecule has 10 aromatic rings. The molecule has 0 aliphatic carbocycles. The molecule has 0 spiro atoms. The zero-order valence-corrected chi connectivity index (χ0v) is 24.3. The van der Waals surface area contributed by atoms with Crippen molar-refractivity contribution in [3.05, 3.63) is 133 Å². The summed E-state index contributed by atoms with van der Waals surface area (Å²) in [6, 6.07) is 42.2. The number of benzene rings is 7. The molecule has 4 nitrogen and oxygen atoms in total. The lowest BCUT2D eigenvalue weighted by Gasteiger charge is -2.11. The van der Waals surface area contributed by atoms with Gasteiger partial charge in [0, 0.05) is 43.4 Å². The number of hydrogen-bond acceptors (Lipinski definition) is 4. The second-order valence-corrected chi connectivity index (χ2v) is 11.8. The summed E-state index contributed by atoms with van der Waals surface area (Å²) in [5, 5.41) is 8.98. The third kappa shape index (κ3) is 3.48. The van der Waals surface area contributed by atoms with Gasteiger partial charge >= 0.3 is 0 Å². The zero-order chi connectivity index (χ0) is 29.6. The first-order chi connectivity index (χ1) is 22.2. The van der Waals surface area contributed by atoms with Crippen molar-refractivity contribution in [3.8, 4) is 22.4 Å². The van der Waals surface area contributed by atoms with E-state index in [4.69, 9.17) is 18.8 Å². The molecule has 45 heavy (non-hydrogen) atoms. The van der Waals surface area contributed by atoms with Crippen LogP contribution in [0.25, 0.3) is 98.8 Å². The molecule has 0 N–H and O–H groups in total. The van der Waals surface area contributed by atoms with Gasteiger partial charge in [-0.1, -0.05) is 91.0 Å². The van der Waals surface area contributed by atoms with Gasteiger partial charge in [0.2, 0.25) is 0 Å². The van der Waals surface area contributed by atoms with Crippen LogP contribution in [-0.2, 0) is 0 Å². The standard InChI is InChI=1S/C41H24N2O2/c1-23-38-33-20-25(17-18-36(33)44-37(38)21-32-29-13-6-7-16-35(29)45-41(23)32)24-9-8-10-26(19-24)34-22-42-39-30-14-4-2-11-27(30)28-12-3-5-15-31(28)40(39)43-34/h2-22H,1H3. The maximum Gasteiger partial charge on any atom is 0.139 e. The number of para-hydroxylation sites is 1. The van der Waals surface area contributed by atoms with Crippen LogP contribution in [0.5, 0.6) is 0 Å². The van der Waals surface area contributed by atoms with Gasteiger partial charge in [-0.15, -0.1) is 0 Å². The second kappa shape index (κ2) is 9.01. The van der Waals surface area contributed by atoms with Crippen LogP contribution in [-0.4, -0.2) is 9.97 Å². The first-order valence-corrected chi connectivity index (χ1v) is 15.2. The van der Waals surface area contributed by atoms with E-state index in [0.717, 1.165) is 93.6 Å². The number of aryl methyl sites for hydroxylation is 1. The highest BCUT2D eigenvalue weighted by atomic mass is 16.3. The van der Waals surface area contributed by atoms with Crippen LogP contribution >= 0.6 is 0 Å². The summed E-state index contributed by atoms with van der Waals surface area (Å²) in [6.45, 7) is 2.13. The van der Waals surface area contributed by atoms with Crippen LogP contribution in [0, 0.1) is 6.92 Å². The maximum absolute atomic E-state index is 6.39. The number of hydrogen-bond donors (Lipinski definition) is 0. The topological polar surface area (TPSA) is 52.1 Å². The van der Waals surface area contributed by atoms with Crippen molar-refractivity contribution in [2.45, 2.75) is 6.92 Å². The van der Waals surface area contributed by atoms with E-state index in [1.807, 2.05) is 24.4 Å². The molecule has 7 aromatic carbocycles. The molecule has 3 heterocycles. The molecule has 0 bridgehead atoms. The summed E-state index contributed by atoms with van der Waals surface area (Å²) >= 11 is 0. The summed E-state index contributed by atoms with van der Waals surface area (Å²) in [5.41, 5.74) is 10.6. The van der Waals surface area contributed by atoms with Crippen LogP contribution in [0.2, 0.25) is 0 Å². The molecule has 0 saturated carbocycles. The van der Waals surface area contributed by atoms with Gasteiger partial charge in [0.05, 0.1) is 22.9 Å². The first kappa shape index (κ1) is 24.4. The lowest BCUT2D eigenvalue weighted by Crippen LogP contribution is -1.92. The number of fused-ring (bicyclic) bond motifs is 12. The Morgan fingerprint density at radius 2 is 1.13 bits per heavy atom. The van der Waals surface area contributed by atoms with Gasteiger partial charge < -0.3 is 8.83 Å². The Balaban J connectivity index is 1.13. The molecule has 0 amide bonds. The summed E-state index contributed by atoms with van der Waals surface area (Å²) in [7, 11) is 0. The lowest BCUT2D eigenvalue weighted by molar-refractivity contribution is 0.662. The Hall–Kier alpha value is -6.00. The van der Waals surface area contributed by atoms with Crippen molar-refractivity contribution in [2.75, 3.05) is 0 Å². The SMILES string of the molecule is Cc1c2oc3ccccc3c2cc2oc3ccc(-c4cccc(-c5cnc6c7ccccc7c7ccccc7c6n5)c4)cc3c12. The van der Waals surface area contributed by atoms with Crippen LogP contribution in [0.1, 0.15) is 5.56 Å². The van der Waals surface area contributed by atoms with E-state index in [1.165, 1.54) is 10.8 Å². The third-order valence-corrected chi connectivity index (χ3v) is 9.26. The van der Waals surface area contributed by atoms with E-state index in [1.54, 1.807) is 0 Å². The molecule has 3 aromatic heterocycles. The highest BCUT2D eigenvalue weighted by molar-refractivity contribution is 6.23. The minimum absolute atomic E-state index is 0.850. The van der Waals surface area contributed by atoms with Gasteiger partial charge in [0.25, 0.3) is 0 Å². The summed E-state index contributed by atoms with van der Waals surface area (Å²) < 4.78 is 12.7. The van der Waals surface area contributed by atoms with Crippen molar-refractivity contribution >= 4 is 76.5 Å². The van der Waals surface area contributed by atoms with E-state index < -0.39 is 0 Å². The summed E-state index contributed by atoms with van der Waals surface area (Å²) in [4.78, 5) is 10.2. The minimum Gasteiger partial charge on any atom is -0.456 e. The third-order valence-electron chi connectivity index (χ3n) is 9.26. The zero-order valence-electron chi connectivity index (χ0n) is 24.3. The van der Waals surface area contributed by atoms with Gasteiger partial charge in [-0.05, 0) is 59.2 Å². The molecule has 0 fully saturated rings. The fourth-order valence-electron chi connectivity index (χ4n) is 7.14. The molecule has 0 aliphatic rings. The molecule has 0 radical (unpaired) electrons. The molecule has 0 unspecified atom stereocenters. The fourth-order valence-corrected chi connectivity index (χ4v) is 7.14. The van der Waals surface area contributed by atoms with Gasteiger partial charge in [-0.3, -0.25) is 4.98 Å². The number of rotatable bonds is 2. The lowest BCUT2D eigenvalue weighted by atomic mass is 9.98.